The van der Waals surface area contributed by atoms with Crippen molar-refractivity contribution >= 4 is 40.5 Å². The molecule has 0 saturated heterocycles. The predicted octanol–water partition coefficient (Wildman–Crippen LogP) is 3.95. The molecule has 1 amide bonds. The number of hydrogen-bond acceptors (Lipinski definition) is 7. The van der Waals surface area contributed by atoms with Crippen molar-refractivity contribution < 1.29 is 28.5 Å². The Labute approximate surface area is 203 Å². The number of benzene rings is 2. The van der Waals surface area contributed by atoms with Gasteiger partial charge >= 0.3 is 0 Å². The second-order valence-corrected chi connectivity index (χ2v) is 7.20. The minimum absolute atomic E-state index is 0.132. The van der Waals surface area contributed by atoms with E-state index in [9.17, 15) is 4.79 Å². The quantitative estimate of drug-likeness (QED) is 0.373. The Hall–Kier alpha value is -3.11. The Balaban J connectivity index is 2.51. The summed E-state index contributed by atoms with van der Waals surface area (Å²) in [6, 6.07) is 6.20. The maximum absolute atomic E-state index is 13.2. The van der Waals surface area contributed by atoms with Crippen LogP contribution in [-0.4, -0.2) is 45.1 Å². The Morgan fingerprint density at radius 2 is 1.48 bits per heavy atom. The summed E-state index contributed by atoms with van der Waals surface area (Å²) in [6.07, 6.45) is 0. The Kier molecular flexibility index (Phi) is 9.68. The van der Waals surface area contributed by atoms with Gasteiger partial charge in [0.05, 0.1) is 39.1 Å². The Morgan fingerprint density at radius 1 is 0.939 bits per heavy atom. The number of halogens is 1. The molecule has 0 radical (unpaired) electrons. The highest BCUT2D eigenvalue weighted by molar-refractivity contribution is 7.80. The highest BCUT2D eigenvalue weighted by atomic mass is 35.5. The molecule has 180 valence electrons. The molecule has 33 heavy (non-hydrogen) atoms. The van der Waals surface area contributed by atoms with Gasteiger partial charge in [0.2, 0.25) is 5.75 Å². The lowest BCUT2D eigenvalue weighted by molar-refractivity contribution is 0.0953. The number of methoxy groups -OCH3 is 2. The van der Waals surface area contributed by atoms with Crippen LogP contribution in [0.25, 0.3) is 0 Å². The van der Waals surface area contributed by atoms with Gasteiger partial charge in [-0.05, 0) is 45.1 Å². The molecule has 0 aliphatic rings. The third-order valence-corrected chi connectivity index (χ3v) is 4.78. The first kappa shape index (κ1) is 26.1. The number of hydrogen-bond donors (Lipinski definition) is 2. The van der Waals surface area contributed by atoms with Gasteiger partial charge in [-0.15, -0.1) is 0 Å². The van der Waals surface area contributed by atoms with Crippen molar-refractivity contribution in [3.8, 4) is 28.7 Å². The lowest BCUT2D eigenvalue weighted by Gasteiger charge is -2.26. The molecule has 9 nitrogen and oxygen atoms in total. The fraction of sp³-hybridized carbons (Fsp3) is 0.364. The van der Waals surface area contributed by atoms with E-state index in [1.165, 1.54) is 25.3 Å². The zero-order valence-corrected chi connectivity index (χ0v) is 20.8. The van der Waals surface area contributed by atoms with Crippen LogP contribution < -0.4 is 39.9 Å². The average molecular weight is 498 g/mol. The van der Waals surface area contributed by atoms with Crippen LogP contribution in [0.5, 0.6) is 28.7 Å². The number of nitrogens with two attached hydrogens (primary N) is 1. The Bertz CT molecular complexity index is 977. The molecule has 2 rings (SSSR count). The number of carbonyl (C=O) groups is 1. The van der Waals surface area contributed by atoms with Crippen molar-refractivity contribution in [1.29, 1.82) is 0 Å². The van der Waals surface area contributed by atoms with E-state index in [1.807, 2.05) is 20.8 Å². The molecular weight excluding hydrogens is 470 g/mol. The van der Waals surface area contributed by atoms with Gasteiger partial charge in [-0.1, -0.05) is 11.6 Å². The number of carbonyl (C=O) groups excluding carboxylic acids is 1. The van der Waals surface area contributed by atoms with Crippen LogP contribution in [0.3, 0.4) is 0 Å². The second-order valence-electron chi connectivity index (χ2n) is 6.37. The zero-order valence-electron chi connectivity index (χ0n) is 19.2. The molecule has 0 fully saturated rings. The van der Waals surface area contributed by atoms with E-state index in [0.29, 0.717) is 59.3 Å². The van der Waals surface area contributed by atoms with Crippen LogP contribution in [-0.2, 0) is 0 Å². The van der Waals surface area contributed by atoms with Gasteiger partial charge in [-0.2, -0.15) is 0 Å². The molecular formula is C22H28ClN3O6S. The Morgan fingerprint density at radius 3 is 1.94 bits per heavy atom. The summed E-state index contributed by atoms with van der Waals surface area (Å²) in [6.45, 7) is 6.66. The smallest absolute Gasteiger partial charge is 0.270 e. The first-order chi connectivity index (χ1) is 15.8. The molecule has 0 unspecified atom stereocenters. The van der Waals surface area contributed by atoms with E-state index in [-0.39, 0.29) is 10.7 Å². The molecule has 0 aliphatic heterocycles. The average Bonchev–Trinajstić information content (AvgIpc) is 2.79. The van der Waals surface area contributed by atoms with Gasteiger partial charge in [0.25, 0.3) is 5.91 Å². The molecule has 0 atom stereocenters. The monoisotopic (exact) mass is 497 g/mol. The maximum atomic E-state index is 13.2. The van der Waals surface area contributed by atoms with Gasteiger partial charge in [0, 0.05) is 17.7 Å². The van der Waals surface area contributed by atoms with E-state index >= 15 is 0 Å². The second kappa shape index (κ2) is 12.2. The van der Waals surface area contributed by atoms with Crippen molar-refractivity contribution in [3.63, 3.8) is 0 Å². The molecule has 0 aliphatic carbocycles. The maximum Gasteiger partial charge on any atom is 0.270 e. The van der Waals surface area contributed by atoms with Crippen LogP contribution in [0.2, 0.25) is 5.02 Å². The van der Waals surface area contributed by atoms with Crippen LogP contribution in [0.4, 0.5) is 5.69 Å². The highest BCUT2D eigenvalue weighted by Crippen LogP contribution is 2.40. The lowest BCUT2D eigenvalue weighted by Crippen LogP contribution is -2.49. The molecule has 2 aromatic carbocycles. The van der Waals surface area contributed by atoms with Gasteiger partial charge in [0.1, 0.15) is 17.2 Å². The third kappa shape index (κ3) is 6.23. The summed E-state index contributed by atoms with van der Waals surface area (Å²) in [7, 11) is 2.92. The molecule has 0 bridgehead atoms. The molecule has 2 aromatic rings. The number of anilines is 1. The van der Waals surface area contributed by atoms with Gasteiger partial charge in [-0.3, -0.25) is 10.2 Å². The van der Waals surface area contributed by atoms with E-state index in [1.54, 1.807) is 18.2 Å². The fourth-order valence-corrected chi connectivity index (χ4v) is 3.31. The summed E-state index contributed by atoms with van der Waals surface area (Å²) in [5.74, 6) is 1.33. The van der Waals surface area contributed by atoms with Gasteiger partial charge < -0.3 is 29.4 Å². The van der Waals surface area contributed by atoms with Crippen molar-refractivity contribution in [2.45, 2.75) is 20.8 Å². The van der Waals surface area contributed by atoms with Crippen molar-refractivity contribution in [1.82, 2.24) is 5.43 Å². The zero-order chi connectivity index (χ0) is 24.5. The molecule has 0 saturated carbocycles. The molecule has 3 N–H and O–H groups in total. The van der Waals surface area contributed by atoms with Crippen molar-refractivity contribution in [3.05, 3.63) is 34.9 Å². The summed E-state index contributed by atoms with van der Waals surface area (Å²) in [5.41, 5.74) is 9.17. The van der Waals surface area contributed by atoms with Gasteiger partial charge in [0.15, 0.2) is 16.6 Å². The van der Waals surface area contributed by atoms with Crippen LogP contribution in [0.1, 0.15) is 31.1 Å². The number of amides is 1. The first-order valence-corrected chi connectivity index (χ1v) is 11.0. The predicted molar refractivity (Wildman–Crippen MR) is 131 cm³/mol. The van der Waals surface area contributed by atoms with E-state index in [0.717, 1.165) is 0 Å². The summed E-state index contributed by atoms with van der Waals surface area (Å²) >= 11 is 11.4. The van der Waals surface area contributed by atoms with E-state index in [2.05, 4.69) is 5.43 Å². The number of nitrogens with one attached hydrogen (secondary N) is 1. The van der Waals surface area contributed by atoms with E-state index in [4.69, 9.17) is 53.2 Å². The molecule has 0 aromatic heterocycles. The topological polar surface area (TPSA) is 105 Å². The van der Waals surface area contributed by atoms with E-state index < -0.39 is 5.91 Å². The minimum Gasteiger partial charge on any atom is -0.495 e. The first-order valence-electron chi connectivity index (χ1n) is 10.2. The number of rotatable bonds is 10. The molecule has 0 spiro atoms. The van der Waals surface area contributed by atoms with Gasteiger partial charge in [-0.25, -0.2) is 5.01 Å². The number of thiocarbonyl (C=S) groups is 1. The summed E-state index contributed by atoms with van der Waals surface area (Å²) < 4.78 is 27.7. The fourth-order valence-electron chi connectivity index (χ4n) is 2.94. The largest absolute Gasteiger partial charge is 0.495 e. The van der Waals surface area contributed by atoms with Crippen molar-refractivity contribution in [2.24, 2.45) is 5.73 Å². The number of hydrazine groups is 1. The minimum atomic E-state index is -0.524. The SMILES string of the molecule is CCOc1cc(C(=O)NN(C(N)=S)c2cc(OC)c(Cl)cc2OC)cc(OCC)c1OCC. The lowest BCUT2D eigenvalue weighted by atomic mass is 10.1. The van der Waals surface area contributed by atoms with Crippen molar-refractivity contribution in [2.75, 3.05) is 39.0 Å². The van der Waals surface area contributed by atoms with Crippen LogP contribution in [0.15, 0.2) is 24.3 Å². The standard InChI is InChI=1S/C22H28ClN3O6S/c1-6-30-18-9-13(10-19(31-7-2)20(18)32-8-3)21(27)25-26(22(24)33)15-12-16(28-4)14(23)11-17(15)29-5/h9-12H,6-8H2,1-5H3,(H2,24,33)(H,25,27). The highest BCUT2D eigenvalue weighted by Gasteiger charge is 2.23. The third-order valence-electron chi connectivity index (χ3n) is 4.30. The molecule has 0 heterocycles. The number of ether oxygens (including phenoxy) is 5. The molecule has 11 heteroatoms. The normalized spacial score (nSPS) is 10.2. The van der Waals surface area contributed by atoms with Crippen LogP contribution >= 0.6 is 23.8 Å². The summed E-state index contributed by atoms with van der Waals surface area (Å²) in [5, 5.41) is 1.39. The number of nitrogens with zero attached hydrogens (tertiary/aromatic N) is 1. The summed E-state index contributed by atoms with van der Waals surface area (Å²) in [4.78, 5) is 13.2. The van der Waals surface area contributed by atoms with Crippen LogP contribution in [0, 0.1) is 0 Å².